The Morgan fingerprint density at radius 3 is 2.58 bits per heavy atom. The van der Waals surface area contributed by atoms with Gasteiger partial charge in [0.2, 0.25) is 0 Å². The summed E-state index contributed by atoms with van der Waals surface area (Å²) in [6.45, 7) is 3.96. The van der Waals surface area contributed by atoms with Crippen LogP contribution in [0.15, 0.2) is 47.4 Å². The Morgan fingerprint density at radius 1 is 1.16 bits per heavy atom. The molecule has 1 aliphatic rings. The lowest BCUT2D eigenvalue weighted by molar-refractivity contribution is 0.103. The molecule has 0 unspecified atom stereocenters. The van der Waals surface area contributed by atoms with Crippen LogP contribution in [0.3, 0.4) is 0 Å². The number of aryl methyl sites for hydroxylation is 1. The first kappa shape index (κ1) is 21.5. The van der Waals surface area contributed by atoms with Crippen molar-refractivity contribution in [3.63, 3.8) is 0 Å². The number of nitrogens with two attached hydrogens (primary N) is 1. The lowest BCUT2D eigenvalue weighted by atomic mass is 9.64. The van der Waals surface area contributed by atoms with Crippen LogP contribution in [0.2, 0.25) is 0 Å². The summed E-state index contributed by atoms with van der Waals surface area (Å²) >= 11 is 0. The molecular weight excluding hydrogens is 398 g/mol. The zero-order valence-electron chi connectivity index (χ0n) is 17.9. The normalized spacial score (nSPS) is 22.4. The second kappa shape index (κ2) is 8.42. The molecular formula is C25H28F2N2O2. The number of nitrogens with one attached hydrogen (secondary N) is 1. The van der Waals surface area contributed by atoms with Crippen molar-refractivity contribution >= 4 is 10.8 Å². The van der Waals surface area contributed by atoms with Gasteiger partial charge in [-0.2, -0.15) is 0 Å². The van der Waals surface area contributed by atoms with Gasteiger partial charge in [0.05, 0.1) is 6.10 Å². The Morgan fingerprint density at radius 2 is 1.90 bits per heavy atom. The van der Waals surface area contributed by atoms with E-state index >= 15 is 0 Å². The highest BCUT2D eigenvalue weighted by atomic mass is 19.2. The summed E-state index contributed by atoms with van der Waals surface area (Å²) in [4.78, 5) is 14.7. The SMILES string of the molecule is CC[C@@H](N)C1(c2ccc(F)c(F)c2)CCC(Oc2cc3cc[nH]c(=O)c3cc2C)CC1. The fraction of sp³-hybridized carbons (Fsp3) is 0.400. The third-order valence-corrected chi connectivity index (χ3v) is 6.83. The molecule has 1 saturated carbocycles. The molecule has 4 nitrogen and oxygen atoms in total. The fourth-order valence-corrected chi connectivity index (χ4v) is 4.92. The maximum Gasteiger partial charge on any atom is 0.255 e. The van der Waals surface area contributed by atoms with Crippen molar-refractivity contribution < 1.29 is 13.5 Å². The molecule has 1 heterocycles. The van der Waals surface area contributed by atoms with Gasteiger partial charge in [-0.1, -0.05) is 13.0 Å². The van der Waals surface area contributed by atoms with Gasteiger partial charge in [-0.15, -0.1) is 0 Å². The number of H-pyrrole nitrogens is 1. The zero-order valence-corrected chi connectivity index (χ0v) is 17.9. The number of aromatic amines is 1. The molecule has 0 amide bonds. The summed E-state index contributed by atoms with van der Waals surface area (Å²) < 4.78 is 33.8. The third kappa shape index (κ3) is 3.97. The predicted octanol–water partition coefficient (Wildman–Crippen LogP) is 5.11. The molecule has 0 aliphatic heterocycles. The quantitative estimate of drug-likeness (QED) is 0.596. The van der Waals surface area contributed by atoms with E-state index in [1.165, 1.54) is 12.1 Å². The molecule has 164 valence electrons. The molecule has 2 aromatic carbocycles. The second-order valence-corrected chi connectivity index (χ2v) is 8.63. The lowest BCUT2D eigenvalue weighted by Crippen LogP contribution is -2.49. The molecule has 0 spiro atoms. The van der Waals surface area contributed by atoms with Crippen molar-refractivity contribution in [3.8, 4) is 5.75 Å². The van der Waals surface area contributed by atoms with Gasteiger partial charge in [0, 0.05) is 23.0 Å². The van der Waals surface area contributed by atoms with Gasteiger partial charge < -0.3 is 15.5 Å². The van der Waals surface area contributed by atoms with E-state index < -0.39 is 17.0 Å². The van der Waals surface area contributed by atoms with Gasteiger partial charge in [-0.3, -0.25) is 4.79 Å². The highest BCUT2D eigenvalue weighted by Gasteiger charge is 2.42. The molecule has 1 aliphatic carbocycles. The Balaban J connectivity index is 1.56. The van der Waals surface area contributed by atoms with E-state index in [1.807, 2.05) is 32.0 Å². The van der Waals surface area contributed by atoms with Crippen LogP contribution >= 0.6 is 0 Å². The van der Waals surface area contributed by atoms with Gasteiger partial charge in [0.15, 0.2) is 11.6 Å². The van der Waals surface area contributed by atoms with Crippen molar-refractivity contribution in [2.24, 2.45) is 5.73 Å². The maximum absolute atomic E-state index is 14.0. The average molecular weight is 427 g/mol. The van der Waals surface area contributed by atoms with E-state index in [0.717, 1.165) is 54.4 Å². The monoisotopic (exact) mass is 426 g/mol. The first-order chi connectivity index (χ1) is 14.8. The summed E-state index contributed by atoms with van der Waals surface area (Å²) in [5.41, 5.74) is 7.68. The van der Waals surface area contributed by atoms with Crippen LogP contribution in [0.1, 0.15) is 50.2 Å². The van der Waals surface area contributed by atoms with E-state index in [4.69, 9.17) is 10.5 Å². The molecule has 1 fully saturated rings. The summed E-state index contributed by atoms with van der Waals surface area (Å²) in [5.74, 6) is -0.907. The molecule has 1 aromatic heterocycles. The minimum absolute atomic E-state index is 0.000577. The van der Waals surface area contributed by atoms with Crippen LogP contribution in [0, 0.1) is 18.6 Å². The number of aromatic nitrogens is 1. The van der Waals surface area contributed by atoms with Gasteiger partial charge >= 0.3 is 0 Å². The van der Waals surface area contributed by atoms with E-state index in [0.29, 0.717) is 5.39 Å². The fourth-order valence-electron chi connectivity index (χ4n) is 4.92. The number of hydrogen-bond acceptors (Lipinski definition) is 3. The Hall–Kier alpha value is -2.73. The van der Waals surface area contributed by atoms with Gasteiger partial charge in [0.1, 0.15) is 5.75 Å². The summed E-state index contributed by atoms with van der Waals surface area (Å²) in [7, 11) is 0. The number of hydrogen-bond donors (Lipinski definition) is 2. The number of benzene rings is 2. The molecule has 3 N–H and O–H groups in total. The Labute approximate surface area is 180 Å². The topological polar surface area (TPSA) is 68.1 Å². The number of pyridine rings is 1. The Bertz CT molecular complexity index is 1150. The zero-order chi connectivity index (χ0) is 22.2. The number of halogens is 2. The van der Waals surface area contributed by atoms with Crippen molar-refractivity contribution in [2.45, 2.75) is 63.5 Å². The largest absolute Gasteiger partial charge is 0.490 e. The molecule has 31 heavy (non-hydrogen) atoms. The van der Waals surface area contributed by atoms with Crippen LogP contribution in [0.5, 0.6) is 5.75 Å². The minimum Gasteiger partial charge on any atom is -0.490 e. The van der Waals surface area contributed by atoms with Crippen LogP contribution in [-0.2, 0) is 5.41 Å². The molecule has 0 bridgehead atoms. The first-order valence-electron chi connectivity index (χ1n) is 10.8. The summed E-state index contributed by atoms with van der Waals surface area (Å²) in [6.07, 6.45) is 5.39. The third-order valence-electron chi connectivity index (χ3n) is 6.83. The molecule has 3 aromatic rings. The van der Waals surface area contributed by atoms with E-state index in [9.17, 15) is 13.6 Å². The number of fused-ring (bicyclic) bond motifs is 1. The predicted molar refractivity (Wildman–Crippen MR) is 118 cm³/mol. The van der Waals surface area contributed by atoms with Crippen molar-refractivity contribution in [1.82, 2.24) is 4.98 Å². The smallest absolute Gasteiger partial charge is 0.255 e. The molecule has 1 atom stereocenters. The summed E-state index contributed by atoms with van der Waals surface area (Å²) in [5, 5.41) is 1.48. The molecule has 0 saturated heterocycles. The van der Waals surface area contributed by atoms with Crippen LogP contribution in [0.4, 0.5) is 8.78 Å². The summed E-state index contributed by atoms with van der Waals surface area (Å²) in [6, 6.07) is 9.64. The molecule has 0 radical (unpaired) electrons. The Kier molecular flexibility index (Phi) is 5.84. The number of ether oxygens (including phenoxy) is 1. The van der Waals surface area contributed by atoms with Gasteiger partial charge in [-0.25, -0.2) is 8.78 Å². The van der Waals surface area contributed by atoms with Crippen molar-refractivity contribution in [3.05, 3.63) is 75.7 Å². The van der Waals surface area contributed by atoms with Crippen molar-refractivity contribution in [2.75, 3.05) is 0 Å². The second-order valence-electron chi connectivity index (χ2n) is 8.63. The average Bonchev–Trinajstić information content (AvgIpc) is 2.77. The van der Waals surface area contributed by atoms with E-state index in [1.54, 1.807) is 12.3 Å². The van der Waals surface area contributed by atoms with Crippen molar-refractivity contribution in [1.29, 1.82) is 0 Å². The van der Waals surface area contributed by atoms with Gasteiger partial charge in [0.25, 0.3) is 5.56 Å². The highest BCUT2D eigenvalue weighted by Crippen LogP contribution is 2.44. The molecule has 4 rings (SSSR count). The van der Waals surface area contributed by atoms with Crippen LogP contribution < -0.4 is 16.0 Å². The number of rotatable bonds is 5. The van der Waals surface area contributed by atoms with E-state index in [-0.39, 0.29) is 17.7 Å². The minimum atomic E-state index is -0.841. The lowest BCUT2D eigenvalue weighted by Gasteiger charge is -2.44. The van der Waals surface area contributed by atoms with Crippen LogP contribution in [0.25, 0.3) is 10.8 Å². The standard InChI is InChI=1S/C25H28F2N2O2/c1-3-23(28)25(17-4-5-20(26)21(27)14-17)9-6-18(7-10-25)31-22-13-16-8-11-29-24(30)19(16)12-15(22)2/h4-5,8,11-14,18,23H,3,6-7,9-10,28H2,1-2H3,(H,29,30)/t18?,23-,25?/m1/s1. The van der Waals surface area contributed by atoms with E-state index in [2.05, 4.69) is 4.98 Å². The first-order valence-corrected chi connectivity index (χ1v) is 10.8. The maximum atomic E-state index is 14.0. The van der Waals surface area contributed by atoms with Crippen LogP contribution in [-0.4, -0.2) is 17.1 Å². The molecule has 6 heteroatoms. The van der Waals surface area contributed by atoms with Gasteiger partial charge in [-0.05, 0) is 85.9 Å². The highest BCUT2D eigenvalue weighted by molar-refractivity contribution is 5.83.